The van der Waals surface area contributed by atoms with Crippen LogP contribution in [0.5, 0.6) is 0 Å². The Morgan fingerprint density at radius 1 is 1.14 bits per heavy atom. The predicted octanol–water partition coefficient (Wildman–Crippen LogP) is 2.94. The van der Waals surface area contributed by atoms with Crippen LogP contribution in [0, 0.1) is 0 Å². The highest BCUT2D eigenvalue weighted by molar-refractivity contribution is 8.70. The maximum atomic E-state index is 11.2. The minimum absolute atomic E-state index is 0.979. The van der Waals surface area contributed by atoms with Gasteiger partial charge in [-0.05, 0) is 33.7 Å². The average molecular weight is 221 g/mol. The molecule has 0 radical (unpaired) electrons. The van der Waals surface area contributed by atoms with Crippen LogP contribution >= 0.6 is 10.8 Å². The van der Waals surface area contributed by atoms with Crippen LogP contribution in [0.25, 0.3) is 10.8 Å². The normalized spacial score (nSPS) is 19.3. The van der Waals surface area contributed by atoms with Gasteiger partial charge < -0.3 is 0 Å². The number of rotatable bonds is 0. The predicted molar refractivity (Wildman–Crippen MR) is 61.6 cm³/mol. The highest BCUT2D eigenvalue weighted by Gasteiger charge is 2.17. The van der Waals surface area contributed by atoms with E-state index in [1.807, 2.05) is 18.2 Å². The van der Waals surface area contributed by atoms with Crippen LogP contribution < -0.4 is 4.72 Å². The molecule has 0 aliphatic carbocycles. The monoisotopic (exact) mass is 221 g/mol. The Hall–Kier alpha value is -1.00. The number of hydrogen-bond donors (Lipinski definition) is 1. The summed E-state index contributed by atoms with van der Waals surface area (Å²) in [6, 6.07) is 12.3. The molecule has 0 unspecified atom stereocenters. The van der Waals surface area contributed by atoms with Gasteiger partial charge in [0.25, 0.3) is 0 Å². The summed E-state index contributed by atoms with van der Waals surface area (Å²) in [4.78, 5) is 1.07. The zero-order valence-electron chi connectivity index (χ0n) is 7.19. The van der Waals surface area contributed by atoms with Gasteiger partial charge in [-0.2, -0.15) is 0 Å². The molecule has 2 nitrogen and oxygen atoms in total. The van der Waals surface area contributed by atoms with Gasteiger partial charge in [0.05, 0.1) is 5.69 Å². The highest BCUT2D eigenvalue weighted by atomic mass is 33.1. The van der Waals surface area contributed by atoms with Gasteiger partial charge >= 0.3 is 0 Å². The van der Waals surface area contributed by atoms with Crippen LogP contribution in [0.15, 0.2) is 41.3 Å². The Labute approximate surface area is 87.7 Å². The van der Waals surface area contributed by atoms with Gasteiger partial charge in [0, 0.05) is 4.90 Å². The minimum atomic E-state index is -1.00. The maximum Gasteiger partial charge on any atom is 0.184 e. The third-order valence-corrected chi connectivity index (χ3v) is 4.50. The molecule has 2 aromatic rings. The number of benzene rings is 2. The third kappa shape index (κ3) is 1.22. The van der Waals surface area contributed by atoms with Gasteiger partial charge in [-0.1, -0.05) is 24.3 Å². The Kier molecular flexibility index (Phi) is 1.78. The molecule has 14 heavy (non-hydrogen) atoms. The summed E-state index contributed by atoms with van der Waals surface area (Å²) >= 11 is 0. The summed E-state index contributed by atoms with van der Waals surface area (Å²) in [7, 11) is 0.366. The lowest BCUT2D eigenvalue weighted by Gasteiger charge is -2.00. The zero-order chi connectivity index (χ0) is 9.54. The van der Waals surface area contributed by atoms with Crippen LogP contribution in [0.2, 0.25) is 0 Å². The van der Waals surface area contributed by atoms with E-state index in [0.717, 1.165) is 10.6 Å². The van der Waals surface area contributed by atoms with E-state index < -0.39 is 10.0 Å². The lowest BCUT2D eigenvalue weighted by Crippen LogP contribution is -1.90. The first-order chi connectivity index (χ1) is 6.83. The van der Waals surface area contributed by atoms with Crippen molar-refractivity contribution < 1.29 is 4.21 Å². The first-order valence-corrected chi connectivity index (χ1v) is 6.71. The van der Waals surface area contributed by atoms with Gasteiger partial charge in [0.2, 0.25) is 0 Å². The molecule has 70 valence electrons. The standard InChI is InChI=1S/C10H7NOS2/c12-14-11-9-5-7-3-1-2-4-8(7)6-10(9)13-14/h1-6,11H/t14-/m0/s1. The lowest BCUT2D eigenvalue weighted by molar-refractivity contribution is 0.694. The second-order valence-electron chi connectivity index (χ2n) is 3.12. The Morgan fingerprint density at radius 3 is 2.64 bits per heavy atom. The molecule has 1 heterocycles. The Bertz CT molecular complexity index is 492. The molecule has 1 atom stereocenters. The molecule has 0 saturated carbocycles. The number of nitrogens with one attached hydrogen (secondary N) is 1. The van der Waals surface area contributed by atoms with E-state index in [-0.39, 0.29) is 0 Å². The van der Waals surface area contributed by atoms with E-state index in [0.29, 0.717) is 0 Å². The first kappa shape index (κ1) is 8.32. The van der Waals surface area contributed by atoms with Crippen LogP contribution in [0.4, 0.5) is 5.69 Å². The second-order valence-corrected chi connectivity index (χ2v) is 5.80. The van der Waals surface area contributed by atoms with Crippen molar-refractivity contribution in [3.05, 3.63) is 36.4 Å². The van der Waals surface area contributed by atoms with E-state index >= 15 is 0 Å². The Balaban J connectivity index is 2.31. The van der Waals surface area contributed by atoms with Crippen molar-refractivity contribution in [1.29, 1.82) is 0 Å². The molecule has 2 aromatic carbocycles. The molecule has 4 heteroatoms. The summed E-state index contributed by atoms with van der Waals surface area (Å²) in [6.07, 6.45) is 0. The fraction of sp³-hybridized carbons (Fsp3) is 0. The van der Waals surface area contributed by atoms with E-state index in [2.05, 4.69) is 22.9 Å². The lowest BCUT2D eigenvalue weighted by atomic mass is 10.1. The summed E-state index contributed by atoms with van der Waals surface area (Å²) in [6.45, 7) is 0. The summed E-state index contributed by atoms with van der Waals surface area (Å²) in [5.74, 6) is 0. The second kappa shape index (κ2) is 3.00. The van der Waals surface area contributed by atoms with Gasteiger partial charge in [-0.15, -0.1) is 0 Å². The molecule has 0 amide bonds. The van der Waals surface area contributed by atoms with E-state index in [1.54, 1.807) is 0 Å². The molecule has 1 aliphatic rings. The molecule has 0 aromatic heterocycles. The van der Waals surface area contributed by atoms with Crippen molar-refractivity contribution >= 4 is 37.3 Å². The van der Waals surface area contributed by atoms with Crippen LogP contribution in [-0.2, 0) is 10.0 Å². The van der Waals surface area contributed by atoms with Gasteiger partial charge in [0.1, 0.15) is 0 Å². The van der Waals surface area contributed by atoms with Crippen molar-refractivity contribution in [3.8, 4) is 0 Å². The topological polar surface area (TPSA) is 29.1 Å². The summed E-state index contributed by atoms with van der Waals surface area (Å²) < 4.78 is 14.2. The van der Waals surface area contributed by atoms with Gasteiger partial charge in [0.15, 0.2) is 10.0 Å². The first-order valence-electron chi connectivity index (χ1n) is 4.22. The summed E-state index contributed by atoms with van der Waals surface area (Å²) in [5, 5.41) is 2.37. The SMILES string of the molecule is O=[S@@]1Nc2cc3ccccc3cc2S1. The maximum absolute atomic E-state index is 11.2. The largest absolute Gasteiger partial charge is 0.295 e. The number of anilines is 1. The van der Waals surface area contributed by atoms with Crippen molar-refractivity contribution in [2.45, 2.75) is 4.90 Å². The van der Waals surface area contributed by atoms with Gasteiger partial charge in [-0.3, -0.25) is 4.72 Å². The molecule has 0 spiro atoms. The highest BCUT2D eigenvalue weighted by Crippen LogP contribution is 2.39. The summed E-state index contributed by atoms with van der Waals surface area (Å²) in [5.41, 5.74) is 0.979. The fourth-order valence-corrected chi connectivity index (χ4v) is 3.85. The Morgan fingerprint density at radius 2 is 1.86 bits per heavy atom. The van der Waals surface area contributed by atoms with E-state index in [1.165, 1.54) is 21.6 Å². The number of hydrogen-bond acceptors (Lipinski definition) is 2. The van der Waals surface area contributed by atoms with E-state index in [9.17, 15) is 4.21 Å². The average Bonchev–Trinajstić information content (AvgIpc) is 2.53. The van der Waals surface area contributed by atoms with Crippen molar-refractivity contribution in [1.82, 2.24) is 0 Å². The van der Waals surface area contributed by atoms with Crippen LogP contribution in [0.1, 0.15) is 0 Å². The molecule has 1 aliphatic heterocycles. The third-order valence-electron chi connectivity index (χ3n) is 2.21. The quantitative estimate of drug-likeness (QED) is 0.693. The van der Waals surface area contributed by atoms with E-state index in [4.69, 9.17) is 0 Å². The van der Waals surface area contributed by atoms with Crippen molar-refractivity contribution in [3.63, 3.8) is 0 Å². The molecular weight excluding hydrogens is 214 g/mol. The molecule has 0 saturated heterocycles. The van der Waals surface area contributed by atoms with Crippen molar-refractivity contribution in [2.75, 3.05) is 4.72 Å². The van der Waals surface area contributed by atoms with Crippen LogP contribution in [-0.4, -0.2) is 4.21 Å². The molecule has 0 bridgehead atoms. The molecule has 0 fully saturated rings. The zero-order valence-corrected chi connectivity index (χ0v) is 8.82. The number of fused-ring (bicyclic) bond motifs is 2. The van der Waals surface area contributed by atoms with Gasteiger partial charge in [-0.25, -0.2) is 4.21 Å². The van der Waals surface area contributed by atoms with Crippen molar-refractivity contribution in [2.24, 2.45) is 0 Å². The molecule has 1 N–H and O–H groups in total. The smallest absolute Gasteiger partial charge is 0.184 e. The minimum Gasteiger partial charge on any atom is -0.295 e. The fourth-order valence-electron chi connectivity index (χ4n) is 1.56. The molecular formula is C10H7NOS2. The van der Waals surface area contributed by atoms with Crippen LogP contribution in [0.3, 0.4) is 0 Å². The molecule has 3 rings (SSSR count).